The van der Waals surface area contributed by atoms with Gasteiger partial charge in [0.25, 0.3) is 0 Å². The quantitative estimate of drug-likeness (QED) is 0.905. The Bertz CT molecular complexity index is 597. The van der Waals surface area contributed by atoms with Crippen LogP contribution in [0.4, 0.5) is 8.78 Å². The summed E-state index contributed by atoms with van der Waals surface area (Å²) < 4.78 is 32.4. The summed E-state index contributed by atoms with van der Waals surface area (Å²) >= 11 is 0. The van der Waals surface area contributed by atoms with Crippen molar-refractivity contribution in [3.05, 3.63) is 59.2 Å². The molecule has 0 radical (unpaired) electrons. The van der Waals surface area contributed by atoms with Crippen molar-refractivity contribution in [1.82, 2.24) is 0 Å². The number of rotatable bonds is 3. The van der Waals surface area contributed by atoms with Crippen LogP contribution in [-0.2, 0) is 0 Å². The van der Waals surface area contributed by atoms with Crippen molar-refractivity contribution in [3.63, 3.8) is 0 Å². The van der Waals surface area contributed by atoms with E-state index in [0.717, 1.165) is 0 Å². The largest absolute Gasteiger partial charge is 0.454 e. The van der Waals surface area contributed by atoms with Crippen molar-refractivity contribution in [2.24, 2.45) is 5.73 Å². The lowest BCUT2D eigenvalue weighted by Gasteiger charge is -2.15. The fourth-order valence-corrected chi connectivity index (χ4v) is 1.83. The molecule has 0 saturated heterocycles. The lowest BCUT2D eigenvalue weighted by atomic mass is 10.1. The van der Waals surface area contributed by atoms with Gasteiger partial charge in [0.15, 0.2) is 11.6 Å². The van der Waals surface area contributed by atoms with Gasteiger partial charge >= 0.3 is 0 Å². The van der Waals surface area contributed by atoms with Gasteiger partial charge in [-0.05, 0) is 43.7 Å². The van der Waals surface area contributed by atoms with Gasteiger partial charge in [-0.1, -0.05) is 12.1 Å². The minimum atomic E-state index is -0.487. The topological polar surface area (TPSA) is 35.2 Å². The van der Waals surface area contributed by atoms with E-state index >= 15 is 0 Å². The number of ether oxygens (including phenoxy) is 1. The minimum absolute atomic E-state index is 0.0900. The summed E-state index contributed by atoms with van der Waals surface area (Å²) in [6, 6.07) is 8.32. The van der Waals surface area contributed by atoms with Crippen molar-refractivity contribution in [1.29, 1.82) is 0 Å². The molecule has 0 fully saturated rings. The predicted molar refractivity (Wildman–Crippen MR) is 70.2 cm³/mol. The van der Waals surface area contributed by atoms with Crippen molar-refractivity contribution in [3.8, 4) is 11.5 Å². The number of aryl methyl sites for hydroxylation is 1. The molecule has 1 atom stereocenters. The number of hydrogen-bond acceptors (Lipinski definition) is 2. The van der Waals surface area contributed by atoms with Crippen LogP contribution in [0, 0.1) is 18.6 Å². The third kappa shape index (κ3) is 2.90. The third-order valence-electron chi connectivity index (χ3n) is 2.84. The van der Waals surface area contributed by atoms with E-state index in [2.05, 4.69) is 0 Å². The van der Waals surface area contributed by atoms with Crippen molar-refractivity contribution >= 4 is 0 Å². The average Bonchev–Trinajstić information content (AvgIpc) is 2.34. The average molecular weight is 263 g/mol. The van der Waals surface area contributed by atoms with Gasteiger partial charge < -0.3 is 10.5 Å². The van der Waals surface area contributed by atoms with Crippen molar-refractivity contribution in [2.45, 2.75) is 19.9 Å². The van der Waals surface area contributed by atoms with Crippen molar-refractivity contribution in [2.75, 3.05) is 0 Å². The molecule has 0 aliphatic rings. The minimum Gasteiger partial charge on any atom is -0.454 e. The molecule has 2 aromatic carbocycles. The first-order chi connectivity index (χ1) is 8.99. The van der Waals surface area contributed by atoms with Gasteiger partial charge in [-0.2, -0.15) is 0 Å². The van der Waals surface area contributed by atoms with Gasteiger partial charge in [0, 0.05) is 11.6 Å². The normalized spacial score (nSPS) is 12.3. The number of para-hydroxylation sites is 1. The van der Waals surface area contributed by atoms with Crippen LogP contribution in [-0.4, -0.2) is 0 Å². The van der Waals surface area contributed by atoms with Gasteiger partial charge in [0.1, 0.15) is 11.6 Å². The molecule has 100 valence electrons. The Morgan fingerprint density at radius 2 is 1.89 bits per heavy atom. The highest BCUT2D eigenvalue weighted by Gasteiger charge is 2.15. The Balaban J connectivity index is 2.43. The Hall–Kier alpha value is -1.94. The summed E-state index contributed by atoms with van der Waals surface area (Å²) in [5.74, 6) is -0.343. The number of benzene rings is 2. The molecule has 0 spiro atoms. The summed E-state index contributed by atoms with van der Waals surface area (Å²) in [5.41, 5.74) is 6.96. The molecule has 2 rings (SSSR count). The fraction of sp³-hybridized carbons (Fsp3) is 0.200. The first-order valence-electron chi connectivity index (χ1n) is 5.97. The van der Waals surface area contributed by atoms with Crippen LogP contribution in [0.15, 0.2) is 36.4 Å². The van der Waals surface area contributed by atoms with Crippen LogP contribution < -0.4 is 10.5 Å². The molecular formula is C15H15F2NO. The molecule has 0 aliphatic heterocycles. The number of nitrogens with two attached hydrogens (primary N) is 1. The fourth-order valence-electron chi connectivity index (χ4n) is 1.83. The van der Waals surface area contributed by atoms with Gasteiger partial charge in [-0.15, -0.1) is 0 Å². The highest BCUT2D eigenvalue weighted by atomic mass is 19.1. The van der Waals surface area contributed by atoms with E-state index in [9.17, 15) is 8.78 Å². The monoisotopic (exact) mass is 263 g/mol. The second kappa shape index (κ2) is 5.36. The van der Waals surface area contributed by atoms with E-state index in [1.165, 1.54) is 24.3 Å². The first kappa shape index (κ1) is 13.5. The molecule has 0 amide bonds. The maximum atomic E-state index is 13.9. The molecule has 0 aliphatic carbocycles. The number of halogens is 2. The van der Waals surface area contributed by atoms with Crippen LogP contribution in [0.2, 0.25) is 0 Å². The van der Waals surface area contributed by atoms with Crippen LogP contribution in [0.25, 0.3) is 0 Å². The SMILES string of the molecule is Cc1cc(F)ccc1Oc1c(F)cccc1[C@@H](C)N. The summed E-state index contributed by atoms with van der Waals surface area (Å²) in [7, 11) is 0. The molecule has 2 aromatic rings. The molecular weight excluding hydrogens is 248 g/mol. The molecule has 0 saturated carbocycles. The maximum Gasteiger partial charge on any atom is 0.167 e. The molecule has 2 N–H and O–H groups in total. The van der Waals surface area contributed by atoms with Crippen LogP contribution >= 0.6 is 0 Å². The van der Waals surface area contributed by atoms with Crippen LogP contribution in [0.1, 0.15) is 24.1 Å². The van der Waals surface area contributed by atoms with E-state index in [-0.39, 0.29) is 17.6 Å². The summed E-state index contributed by atoms with van der Waals surface area (Å²) in [4.78, 5) is 0. The van der Waals surface area contributed by atoms with Gasteiger partial charge in [-0.25, -0.2) is 8.78 Å². The Labute approximate surface area is 110 Å². The Kier molecular flexibility index (Phi) is 3.81. The van der Waals surface area contributed by atoms with Crippen LogP contribution in [0.5, 0.6) is 11.5 Å². The van der Waals surface area contributed by atoms with E-state index < -0.39 is 5.82 Å². The third-order valence-corrected chi connectivity index (χ3v) is 2.84. The molecule has 19 heavy (non-hydrogen) atoms. The highest BCUT2D eigenvalue weighted by Crippen LogP contribution is 2.33. The maximum absolute atomic E-state index is 13.9. The zero-order valence-electron chi connectivity index (χ0n) is 10.8. The summed E-state index contributed by atoms with van der Waals surface area (Å²) in [6.45, 7) is 3.45. The predicted octanol–water partition coefficient (Wildman–Crippen LogP) is 4.09. The Morgan fingerprint density at radius 3 is 2.53 bits per heavy atom. The molecule has 4 heteroatoms. The second-order valence-electron chi connectivity index (χ2n) is 4.46. The van der Waals surface area contributed by atoms with E-state index in [0.29, 0.717) is 16.9 Å². The van der Waals surface area contributed by atoms with Crippen LogP contribution in [0.3, 0.4) is 0 Å². The molecule has 0 aromatic heterocycles. The second-order valence-corrected chi connectivity index (χ2v) is 4.46. The van der Waals surface area contributed by atoms with Crippen molar-refractivity contribution < 1.29 is 13.5 Å². The Morgan fingerprint density at radius 1 is 1.16 bits per heavy atom. The molecule has 2 nitrogen and oxygen atoms in total. The standard InChI is InChI=1S/C15H15F2NO/c1-9-8-11(16)6-7-14(9)19-15-12(10(2)18)4-3-5-13(15)17/h3-8,10H,18H2,1-2H3/t10-/m1/s1. The van der Waals surface area contributed by atoms with Gasteiger partial charge in [0.2, 0.25) is 0 Å². The zero-order chi connectivity index (χ0) is 14.0. The first-order valence-corrected chi connectivity index (χ1v) is 5.97. The molecule has 0 unspecified atom stereocenters. The van der Waals surface area contributed by atoms with Gasteiger partial charge in [-0.3, -0.25) is 0 Å². The summed E-state index contributed by atoms with van der Waals surface area (Å²) in [6.07, 6.45) is 0. The van der Waals surface area contributed by atoms with Gasteiger partial charge in [0.05, 0.1) is 0 Å². The lowest BCUT2D eigenvalue weighted by Crippen LogP contribution is -2.08. The zero-order valence-corrected chi connectivity index (χ0v) is 10.8. The smallest absolute Gasteiger partial charge is 0.167 e. The highest BCUT2D eigenvalue weighted by molar-refractivity contribution is 5.43. The molecule has 0 heterocycles. The van der Waals surface area contributed by atoms with E-state index in [1.54, 1.807) is 26.0 Å². The lowest BCUT2D eigenvalue weighted by molar-refractivity contribution is 0.429. The summed E-state index contributed by atoms with van der Waals surface area (Å²) in [5, 5.41) is 0. The molecule has 0 bridgehead atoms. The number of hydrogen-bond donors (Lipinski definition) is 1. The van der Waals surface area contributed by atoms with E-state index in [1.807, 2.05) is 0 Å². The van der Waals surface area contributed by atoms with E-state index in [4.69, 9.17) is 10.5 Å².